The van der Waals surface area contributed by atoms with E-state index in [9.17, 15) is 4.79 Å². The van der Waals surface area contributed by atoms with Crippen molar-refractivity contribution in [1.29, 1.82) is 5.26 Å². The molecule has 0 atom stereocenters. The molecule has 1 aromatic carbocycles. The molecule has 0 aliphatic heterocycles. The molecule has 1 heterocycles. The predicted octanol–water partition coefficient (Wildman–Crippen LogP) is 3.53. The quantitative estimate of drug-likeness (QED) is 0.803. The zero-order valence-corrected chi connectivity index (χ0v) is 10.8. The Hall–Kier alpha value is -1.83. The van der Waals surface area contributed by atoms with Gasteiger partial charge in [-0.3, -0.25) is 4.79 Å². The first-order chi connectivity index (χ1) is 8.70. The number of thiophene rings is 1. The van der Waals surface area contributed by atoms with E-state index < -0.39 is 0 Å². The number of rotatable bonds is 4. The lowest BCUT2D eigenvalue weighted by molar-refractivity contribution is 0.0925. The Labute approximate surface area is 113 Å². The molecule has 0 fully saturated rings. The van der Waals surface area contributed by atoms with Gasteiger partial charge in [-0.15, -0.1) is 11.3 Å². The highest BCUT2D eigenvalue weighted by atomic mass is 35.5. The second-order valence-corrected chi connectivity index (χ2v) is 4.80. The maximum atomic E-state index is 11.7. The summed E-state index contributed by atoms with van der Waals surface area (Å²) in [6.07, 6.45) is 0. The number of carbonyl (C=O) groups is 1. The van der Waals surface area contributed by atoms with Crippen molar-refractivity contribution in [1.82, 2.24) is 0 Å². The standard InChI is InChI=1S/C13H8ClNO2S/c14-11-6-10(4-3-9(11)7-15)17-8-12(16)13-2-1-5-18-13/h1-6H,8H2. The topological polar surface area (TPSA) is 50.1 Å². The molecule has 5 heteroatoms. The first-order valence-electron chi connectivity index (χ1n) is 5.10. The van der Waals surface area contributed by atoms with Crippen LogP contribution in [-0.4, -0.2) is 12.4 Å². The maximum absolute atomic E-state index is 11.7. The maximum Gasteiger partial charge on any atom is 0.210 e. The normalized spacial score (nSPS) is 9.78. The van der Waals surface area contributed by atoms with E-state index >= 15 is 0 Å². The summed E-state index contributed by atoms with van der Waals surface area (Å²) in [6, 6.07) is 10.2. The van der Waals surface area contributed by atoms with E-state index in [2.05, 4.69) is 0 Å². The predicted molar refractivity (Wildman–Crippen MR) is 70.3 cm³/mol. The number of ether oxygens (including phenoxy) is 1. The van der Waals surface area contributed by atoms with E-state index in [1.165, 1.54) is 17.4 Å². The fraction of sp³-hybridized carbons (Fsp3) is 0.0769. The molecular formula is C13H8ClNO2S. The van der Waals surface area contributed by atoms with Crippen LogP contribution >= 0.6 is 22.9 Å². The summed E-state index contributed by atoms with van der Waals surface area (Å²) < 4.78 is 5.34. The molecule has 0 aliphatic carbocycles. The van der Waals surface area contributed by atoms with E-state index in [0.717, 1.165) is 0 Å². The largest absolute Gasteiger partial charge is 0.485 e. The highest BCUT2D eigenvalue weighted by Gasteiger charge is 2.08. The second-order valence-electron chi connectivity index (χ2n) is 3.44. The minimum Gasteiger partial charge on any atom is -0.485 e. The monoisotopic (exact) mass is 277 g/mol. The summed E-state index contributed by atoms with van der Waals surface area (Å²) in [5.41, 5.74) is 0.383. The summed E-state index contributed by atoms with van der Waals surface area (Å²) >= 11 is 7.24. The van der Waals surface area contributed by atoms with Gasteiger partial charge in [-0.05, 0) is 23.6 Å². The molecule has 0 amide bonds. The smallest absolute Gasteiger partial charge is 0.210 e. The summed E-state index contributed by atoms with van der Waals surface area (Å²) in [5.74, 6) is 0.398. The van der Waals surface area contributed by atoms with Crippen molar-refractivity contribution in [2.45, 2.75) is 0 Å². The molecule has 1 aromatic heterocycles. The van der Waals surface area contributed by atoms with Gasteiger partial charge in [0.1, 0.15) is 11.8 Å². The second kappa shape index (κ2) is 5.67. The van der Waals surface area contributed by atoms with E-state index in [1.54, 1.807) is 18.2 Å². The van der Waals surface area contributed by atoms with Crippen LogP contribution in [0.15, 0.2) is 35.7 Å². The van der Waals surface area contributed by atoms with Crippen LogP contribution in [0, 0.1) is 11.3 Å². The molecule has 90 valence electrons. The van der Waals surface area contributed by atoms with Crippen LogP contribution in [0.2, 0.25) is 5.02 Å². The third-order valence-electron chi connectivity index (χ3n) is 2.23. The van der Waals surface area contributed by atoms with Gasteiger partial charge in [0.25, 0.3) is 0 Å². The number of benzene rings is 1. The van der Waals surface area contributed by atoms with Gasteiger partial charge >= 0.3 is 0 Å². The summed E-state index contributed by atoms with van der Waals surface area (Å²) in [4.78, 5) is 12.3. The van der Waals surface area contributed by atoms with Gasteiger partial charge in [0.15, 0.2) is 6.61 Å². The Balaban J connectivity index is 2.01. The van der Waals surface area contributed by atoms with E-state index in [-0.39, 0.29) is 12.4 Å². The molecular weight excluding hydrogens is 270 g/mol. The van der Waals surface area contributed by atoms with Crippen molar-refractivity contribution in [3.8, 4) is 11.8 Å². The van der Waals surface area contributed by atoms with Crippen LogP contribution in [0.4, 0.5) is 0 Å². The Bertz CT molecular complexity index is 602. The van der Waals surface area contributed by atoms with Crippen LogP contribution in [0.1, 0.15) is 15.2 Å². The lowest BCUT2D eigenvalue weighted by Gasteiger charge is -2.05. The molecule has 0 saturated heterocycles. The van der Waals surface area contributed by atoms with Crippen molar-refractivity contribution in [3.63, 3.8) is 0 Å². The number of carbonyl (C=O) groups excluding carboxylic acids is 1. The highest BCUT2D eigenvalue weighted by Crippen LogP contribution is 2.22. The minimum absolute atomic E-state index is 0.0389. The van der Waals surface area contributed by atoms with Gasteiger partial charge < -0.3 is 4.74 Å². The van der Waals surface area contributed by atoms with Gasteiger partial charge in [-0.1, -0.05) is 17.7 Å². The van der Waals surface area contributed by atoms with Crippen molar-refractivity contribution >= 4 is 28.7 Å². The van der Waals surface area contributed by atoms with Gasteiger partial charge in [0.05, 0.1) is 15.5 Å². The van der Waals surface area contributed by atoms with Gasteiger partial charge in [0.2, 0.25) is 5.78 Å². The number of Topliss-reactive ketones (excluding diaryl/α,β-unsaturated/α-hetero) is 1. The molecule has 2 rings (SSSR count). The molecule has 0 spiro atoms. The van der Waals surface area contributed by atoms with E-state index in [1.807, 2.05) is 17.5 Å². The van der Waals surface area contributed by atoms with E-state index in [0.29, 0.717) is 21.2 Å². The molecule has 3 nitrogen and oxygen atoms in total. The summed E-state index contributed by atoms with van der Waals surface area (Å²) in [7, 11) is 0. The Morgan fingerprint density at radius 2 is 2.28 bits per heavy atom. The van der Waals surface area contributed by atoms with Crippen molar-refractivity contribution in [3.05, 3.63) is 51.2 Å². The van der Waals surface area contributed by atoms with E-state index in [4.69, 9.17) is 21.6 Å². The Kier molecular flexibility index (Phi) is 3.98. The number of halogens is 1. The lowest BCUT2D eigenvalue weighted by atomic mass is 10.2. The highest BCUT2D eigenvalue weighted by molar-refractivity contribution is 7.12. The Morgan fingerprint density at radius 1 is 1.44 bits per heavy atom. The van der Waals surface area contributed by atoms with Crippen LogP contribution in [0.25, 0.3) is 0 Å². The summed E-state index contributed by atoms with van der Waals surface area (Å²) in [5, 5.41) is 10.9. The third-order valence-corrected chi connectivity index (χ3v) is 3.45. The van der Waals surface area contributed by atoms with Crippen LogP contribution in [0.3, 0.4) is 0 Å². The molecule has 0 saturated carbocycles. The fourth-order valence-electron chi connectivity index (χ4n) is 1.33. The molecule has 0 bridgehead atoms. The first kappa shape index (κ1) is 12.6. The number of hydrogen-bond acceptors (Lipinski definition) is 4. The first-order valence-corrected chi connectivity index (χ1v) is 6.35. The number of nitriles is 1. The zero-order chi connectivity index (χ0) is 13.0. The van der Waals surface area contributed by atoms with Crippen molar-refractivity contribution < 1.29 is 9.53 Å². The summed E-state index contributed by atoms with van der Waals surface area (Å²) in [6.45, 7) is -0.0389. The number of ketones is 1. The Morgan fingerprint density at radius 3 is 2.89 bits per heavy atom. The molecule has 0 N–H and O–H groups in total. The van der Waals surface area contributed by atoms with Gasteiger partial charge in [-0.2, -0.15) is 5.26 Å². The minimum atomic E-state index is -0.0783. The SMILES string of the molecule is N#Cc1ccc(OCC(=O)c2cccs2)cc1Cl. The zero-order valence-electron chi connectivity index (χ0n) is 9.22. The number of nitrogens with zero attached hydrogens (tertiary/aromatic N) is 1. The number of hydrogen-bond donors (Lipinski definition) is 0. The van der Waals surface area contributed by atoms with Crippen molar-refractivity contribution in [2.24, 2.45) is 0 Å². The molecule has 0 aliphatic rings. The van der Waals surface area contributed by atoms with Crippen molar-refractivity contribution in [2.75, 3.05) is 6.61 Å². The molecule has 0 radical (unpaired) electrons. The molecule has 2 aromatic rings. The average Bonchev–Trinajstić information content (AvgIpc) is 2.90. The third kappa shape index (κ3) is 2.89. The fourth-order valence-corrected chi connectivity index (χ4v) is 2.20. The molecule has 0 unspecified atom stereocenters. The van der Waals surface area contributed by atoms with Crippen LogP contribution < -0.4 is 4.74 Å². The van der Waals surface area contributed by atoms with Crippen LogP contribution in [-0.2, 0) is 0 Å². The van der Waals surface area contributed by atoms with Crippen LogP contribution in [0.5, 0.6) is 5.75 Å². The van der Waals surface area contributed by atoms with Gasteiger partial charge in [-0.25, -0.2) is 0 Å². The van der Waals surface area contributed by atoms with Gasteiger partial charge in [0, 0.05) is 6.07 Å². The lowest BCUT2D eigenvalue weighted by Crippen LogP contribution is -2.10. The average molecular weight is 278 g/mol. The molecule has 18 heavy (non-hydrogen) atoms.